The molecule has 1 amide bonds. The van der Waals surface area contributed by atoms with E-state index in [2.05, 4.69) is 5.32 Å². The molecule has 0 saturated heterocycles. The van der Waals surface area contributed by atoms with Gasteiger partial charge in [0.25, 0.3) is 5.91 Å². The summed E-state index contributed by atoms with van der Waals surface area (Å²) in [7, 11) is 0. The molecule has 126 valence electrons. The fourth-order valence-electron chi connectivity index (χ4n) is 2.01. The lowest BCUT2D eigenvalue weighted by Crippen LogP contribution is -2.14. The van der Waals surface area contributed by atoms with Gasteiger partial charge in [0.05, 0.1) is 6.10 Å². The molecular weight excluding hydrogens is 310 g/mol. The molecule has 0 bridgehead atoms. The van der Waals surface area contributed by atoms with E-state index in [4.69, 9.17) is 9.84 Å². The number of ether oxygens (including phenoxy) is 1. The van der Waals surface area contributed by atoms with Gasteiger partial charge in [-0.3, -0.25) is 4.79 Å². The molecule has 6 heteroatoms. The van der Waals surface area contributed by atoms with E-state index < -0.39 is 11.9 Å². The van der Waals surface area contributed by atoms with Crippen molar-refractivity contribution >= 4 is 17.6 Å². The highest BCUT2D eigenvalue weighted by Crippen LogP contribution is 2.22. The highest BCUT2D eigenvalue weighted by atomic mass is 16.5. The van der Waals surface area contributed by atoms with Crippen molar-refractivity contribution in [3.05, 3.63) is 53.6 Å². The molecule has 24 heavy (non-hydrogen) atoms. The van der Waals surface area contributed by atoms with Crippen LogP contribution in [0.5, 0.6) is 11.5 Å². The first-order valence-corrected chi connectivity index (χ1v) is 7.55. The molecule has 0 radical (unpaired) electrons. The minimum Gasteiger partial charge on any atom is -0.507 e. The Labute approximate surface area is 139 Å². The van der Waals surface area contributed by atoms with Crippen LogP contribution in [0.4, 0.5) is 5.69 Å². The van der Waals surface area contributed by atoms with E-state index in [9.17, 15) is 14.7 Å². The van der Waals surface area contributed by atoms with Crippen LogP contribution >= 0.6 is 0 Å². The summed E-state index contributed by atoms with van der Waals surface area (Å²) in [5.41, 5.74) is 0.394. The summed E-state index contributed by atoms with van der Waals surface area (Å²) in [5.74, 6) is -1.43. The minimum atomic E-state index is -1.27. The molecule has 0 aromatic heterocycles. The van der Waals surface area contributed by atoms with E-state index >= 15 is 0 Å². The lowest BCUT2D eigenvalue weighted by molar-refractivity contribution is 0.0693. The highest BCUT2D eigenvalue weighted by molar-refractivity contribution is 6.05. The van der Waals surface area contributed by atoms with E-state index in [1.807, 2.05) is 13.8 Å². The van der Waals surface area contributed by atoms with Gasteiger partial charge in [0, 0.05) is 11.3 Å². The molecule has 0 spiro atoms. The SMILES string of the molecule is CC[C@@H](C)Oc1cccc(C(=O)Nc2ccc(O)c(C(=O)O)c2)c1. The smallest absolute Gasteiger partial charge is 0.339 e. The Kier molecular flexibility index (Phi) is 5.42. The van der Waals surface area contributed by atoms with Crippen molar-refractivity contribution in [3.63, 3.8) is 0 Å². The number of anilines is 1. The zero-order chi connectivity index (χ0) is 17.7. The molecule has 6 nitrogen and oxygen atoms in total. The van der Waals surface area contributed by atoms with Gasteiger partial charge in [-0.15, -0.1) is 0 Å². The van der Waals surface area contributed by atoms with E-state index in [0.29, 0.717) is 11.3 Å². The molecule has 0 aliphatic carbocycles. The van der Waals surface area contributed by atoms with Crippen LogP contribution in [0.25, 0.3) is 0 Å². The number of carbonyl (C=O) groups is 2. The fraction of sp³-hybridized carbons (Fsp3) is 0.222. The van der Waals surface area contributed by atoms with Crippen molar-refractivity contribution in [1.29, 1.82) is 0 Å². The van der Waals surface area contributed by atoms with Crippen LogP contribution in [0.15, 0.2) is 42.5 Å². The second-order valence-electron chi connectivity index (χ2n) is 5.36. The Hall–Kier alpha value is -3.02. The number of carboxylic acids is 1. The van der Waals surface area contributed by atoms with Crippen LogP contribution in [-0.4, -0.2) is 28.2 Å². The summed E-state index contributed by atoms with van der Waals surface area (Å²) in [6, 6.07) is 10.6. The topological polar surface area (TPSA) is 95.9 Å². The molecule has 0 saturated carbocycles. The first kappa shape index (κ1) is 17.3. The van der Waals surface area contributed by atoms with E-state index in [1.165, 1.54) is 18.2 Å². The molecule has 0 unspecified atom stereocenters. The maximum atomic E-state index is 12.3. The molecule has 2 rings (SSSR count). The summed E-state index contributed by atoms with van der Waals surface area (Å²) >= 11 is 0. The zero-order valence-corrected chi connectivity index (χ0v) is 13.4. The van der Waals surface area contributed by atoms with Crippen molar-refractivity contribution in [3.8, 4) is 11.5 Å². The molecule has 0 aliphatic heterocycles. The van der Waals surface area contributed by atoms with Gasteiger partial charge < -0.3 is 20.3 Å². The largest absolute Gasteiger partial charge is 0.507 e. The summed E-state index contributed by atoms with van der Waals surface area (Å²) in [5, 5.41) is 21.1. The standard InChI is InChI=1S/C18H19NO5/c1-3-11(2)24-14-6-4-5-12(9-14)17(21)19-13-7-8-16(20)15(10-13)18(22)23/h4-11,20H,3H2,1-2H3,(H,19,21)(H,22,23)/t11-/m1/s1. The van der Waals surface area contributed by atoms with Gasteiger partial charge in [0.1, 0.15) is 17.1 Å². The molecule has 0 fully saturated rings. The Bertz CT molecular complexity index is 757. The molecular formula is C18H19NO5. The number of aromatic hydroxyl groups is 1. The van der Waals surface area contributed by atoms with Gasteiger partial charge in [-0.25, -0.2) is 4.79 Å². The molecule has 0 aliphatic rings. The number of amides is 1. The average Bonchev–Trinajstić information content (AvgIpc) is 2.56. The number of phenols is 1. The minimum absolute atomic E-state index is 0.0403. The maximum Gasteiger partial charge on any atom is 0.339 e. The average molecular weight is 329 g/mol. The third-order valence-corrected chi connectivity index (χ3v) is 3.49. The number of aromatic carboxylic acids is 1. The number of rotatable bonds is 6. The number of hydrogen-bond acceptors (Lipinski definition) is 4. The third kappa shape index (κ3) is 4.25. The lowest BCUT2D eigenvalue weighted by Gasteiger charge is -2.13. The van der Waals surface area contributed by atoms with Crippen LogP contribution in [0.3, 0.4) is 0 Å². The highest BCUT2D eigenvalue weighted by Gasteiger charge is 2.13. The number of carbonyl (C=O) groups excluding carboxylic acids is 1. The Morgan fingerprint density at radius 2 is 1.96 bits per heavy atom. The normalized spacial score (nSPS) is 11.6. The van der Waals surface area contributed by atoms with Crippen LogP contribution in [0.2, 0.25) is 0 Å². The Balaban J connectivity index is 2.17. The van der Waals surface area contributed by atoms with Crippen molar-refractivity contribution in [2.24, 2.45) is 0 Å². The van der Waals surface area contributed by atoms with Crippen LogP contribution in [0, 0.1) is 0 Å². The monoisotopic (exact) mass is 329 g/mol. The Morgan fingerprint density at radius 3 is 2.62 bits per heavy atom. The Morgan fingerprint density at radius 1 is 1.21 bits per heavy atom. The van der Waals surface area contributed by atoms with Gasteiger partial charge >= 0.3 is 5.97 Å². The van der Waals surface area contributed by atoms with E-state index in [-0.39, 0.29) is 23.1 Å². The molecule has 2 aromatic carbocycles. The number of hydrogen-bond donors (Lipinski definition) is 3. The third-order valence-electron chi connectivity index (χ3n) is 3.49. The van der Waals surface area contributed by atoms with Crippen molar-refractivity contribution in [2.45, 2.75) is 26.4 Å². The van der Waals surface area contributed by atoms with Crippen LogP contribution in [-0.2, 0) is 0 Å². The maximum absolute atomic E-state index is 12.3. The zero-order valence-electron chi connectivity index (χ0n) is 13.4. The molecule has 0 heterocycles. The van der Waals surface area contributed by atoms with E-state index in [1.54, 1.807) is 24.3 Å². The van der Waals surface area contributed by atoms with Gasteiger partial charge in [-0.2, -0.15) is 0 Å². The van der Waals surface area contributed by atoms with E-state index in [0.717, 1.165) is 6.42 Å². The van der Waals surface area contributed by atoms with Crippen molar-refractivity contribution in [1.82, 2.24) is 0 Å². The molecule has 2 aromatic rings. The summed E-state index contributed by atoms with van der Waals surface area (Å²) in [6.07, 6.45) is 0.889. The van der Waals surface area contributed by atoms with Crippen LogP contribution in [0.1, 0.15) is 41.0 Å². The summed E-state index contributed by atoms with van der Waals surface area (Å²) in [6.45, 7) is 3.95. The van der Waals surface area contributed by atoms with Crippen molar-refractivity contribution < 1.29 is 24.5 Å². The van der Waals surface area contributed by atoms with Gasteiger partial charge in [0.15, 0.2) is 0 Å². The number of carboxylic acid groups (broad SMARTS) is 1. The number of nitrogens with one attached hydrogen (secondary N) is 1. The lowest BCUT2D eigenvalue weighted by atomic mass is 10.1. The summed E-state index contributed by atoms with van der Waals surface area (Å²) < 4.78 is 5.68. The predicted molar refractivity (Wildman–Crippen MR) is 89.8 cm³/mol. The quantitative estimate of drug-likeness (QED) is 0.705. The van der Waals surface area contributed by atoms with Gasteiger partial charge in [-0.1, -0.05) is 13.0 Å². The van der Waals surface area contributed by atoms with Gasteiger partial charge in [0.2, 0.25) is 0 Å². The van der Waals surface area contributed by atoms with Crippen LogP contribution < -0.4 is 10.1 Å². The van der Waals surface area contributed by atoms with Crippen molar-refractivity contribution in [2.75, 3.05) is 5.32 Å². The molecule has 3 N–H and O–H groups in total. The predicted octanol–water partition coefficient (Wildman–Crippen LogP) is 3.52. The summed E-state index contributed by atoms with van der Waals surface area (Å²) in [4.78, 5) is 23.3. The first-order chi connectivity index (χ1) is 11.4. The molecule has 1 atom stereocenters. The second-order valence-corrected chi connectivity index (χ2v) is 5.36. The second kappa shape index (κ2) is 7.50. The van der Waals surface area contributed by atoms with Gasteiger partial charge in [-0.05, 0) is 49.7 Å². The number of benzene rings is 2. The first-order valence-electron chi connectivity index (χ1n) is 7.55. The fourth-order valence-corrected chi connectivity index (χ4v) is 2.01.